The van der Waals surface area contributed by atoms with E-state index < -0.39 is 5.60 Å². The van der Waals surface area contributed by atoms with E-state index in [2.05, 4.69) is 20.8 Å². The third-order valence-corrected chi connectivity index (χ3v) is 4.81. The zero-order valence-corrected chi connectivity index (χ0v) is 16.3. The van der Waals surface area contributed by atoms with Gasteiger partial charge in [0, 0.05) is 35.7 Å². The van der Waals surface area contributed by atoms with Crippen LogP contribution >= 0.6 is 11.6 Å². The van der Waals surface area contributed by atoms with Gasteiger partial charge in [-0.05, 0) is 51.0 Å². The fourth-order valence-corrected chi connectivity index (χ4v) is 3.12. The molecular weight excluding hydrogens is 368 g/mol. The SMILES string of the molecule is CC(=O)NC1CC(c2cc(NC(=O)C(C)(C)Oc3ccc(Cl)cc3)n[nH]2)C1. The second-order valence-electron chi connectivity index (χ2n) is 7.29. The van der Waals surface area contributed by atoms with Crippen molar-refractivity contribution in [1.82, 2.24) is 15.5 Å². The molecule has 0 bridgehead atoms. The number of hydrogen-bond donors (Lipinski definition) is 3. The molecular formula is C19H23ClN4O3. The smallest absolute Gasteiger partial charge is 0.269 e. The first-order valence-electron chi connectivity index (χ1n) is 8.81. The summed E-state index contributed by atoms with van der Waals surface area (Å²) < 4.78 is 5.78. The number of halogens is 1. The zero-order chi connectivity index (χ0) is 19.6. The lowest BCUT2D eigenvalue weighted by Gasteiger charge is -2.34. The highest BCUT2D eigenvalue weighted by atomic mass is 35.5. The molecule has 27 heavy (non-hydrogen) atoms. The van der Waals surface area contributed by atoms with Crippen molar-refractivity contribution in [2.24, 2.45) is 0 Å². The Labute approximate surface area is 162 Å². The Morgan fingerprint density at radius 1 is 1.26 bits per heavy atom. The van der Waals surface area contributed by atoms with Crippen molar-refractivity contribution in [3.05, 3.63) is 41.0 Å². The minimum Gasteiger partial charge on any atom is -0.478 e. The van der Waals surface area contributed by atoms with E-state index in [1.54, 1.807) is 38.1 Å². The molecule has 0 radical (unpaired) electrons. The van der Waals surface area contributed by atoms with Gasteiger partial charge < -0.3 is 15.4 Å². The van der Waals surface area contributed by atoms with Gasteiger partial charge in [-0.1, -0.05) is 11.6 Å². The summed E-state index contributed by atoms with van der Waals surface area (Å²) in [5.74, 6) is 0.990. The topological polar surface area (TPSA) is 96.1 Å². The number of carbonyl (C=O) groups excluding carboxylic acids is 2. The Hall–Kier alpha value is -2.54. The summed E-state index contributed by atoms with van der Waals surface area (Å²) in [6.45, 7) is 4.90. The van der Waals surface area contributed by atoms with E-state index >= 15 is 0 Å². The average molecular weight is 391 g/mol. The van der Waals surface area contributed by atoms with Crippen LogP contribution < -0.4 is 15.4 Å². The van der Waals surface area contributed by atoms with Crippen molar-refractivity contribution in [2.75, 3.05) is 5.32 Å². The first-order chi connectivity index (χ1) is 12.7. The van der Waals surface area contributed by atoms with E-state index in [-0.39, 0.29) is 17.9 Å². The molecule has 1 fully saturated rings. The van der Waals surface area contributed by atoms with E-state index in [4.69, 9.17) is 16.3 Å². The maximum atomic E-state index is 12.6. The highest BCUT2D eigenvalue weighted by molar-refractivity contribution is 6.30. The number of aromatic amines is 1. The van der Waals surface area contributed by atoms with E-state index in [1.807, 2.05) is 6.07 Å². The fourth-order valence-electron chi connectivity index (χ4n) is 3.00. The van der Waals surface area contributed by atoms with Crippen LogP contribution in [0.2, 0.25) is 5.02 Å². The number of hydrogen-bond acceptors (Lipinski definition) is 4. The number of ether oxygens (including phenoxy) is 1. The molecule has 0 spiro atoms. The molecule has 7 nitrogen and oxygen atoms in total. The normalized spacial score (nSPS) is 19.1. The molecule has 0 aliphatic heterocycles. The number of amides is 2. The Morgan fingerprint density at radius 2 is 1.93 bits per heavy atom. The van der Waals surface area contributed by atoms with E-state index in [0.717, 1.165) is 18.5 Å². The molecule has 8 heteroatoms. The Bertz CT molecular complexity index is 826. The molecule has 1 aromatic carbocycles. The largest absolute Gasteiger partial charge is 0.478 e. The van der Waals surface area contributed by atoms with Gasteiger partial charge in [0.05, 0.1) is 0 Å². The molecule has 0 saturated heterocycles. The monoisotopic (exact) mass is 390 g/mol. The van der Waals surface area contributed by atoms with Crippen LogP contribution in [0, 0.1) is 0 Å². The van der Waals surface area contributed by atoms with Crippen LogP contribution in [-0.4, -0.2) is 33.7 Å². The van der Waals surface area contributed by atoms with Crippen LogP contribution in [0.15, 0.2) is 30.3 Å². The van der Waals surface area contributed by atoms with Gasteiger partial charge in [0.1, 0.15) is 5.75 Å². The second-order valence-corrected chi connectivity index (χ2v) is 7.73. The standard InChI is InChI=1S/C19H23ClN4O3/c1-11(25)21-14-8-12(9-14)16-10-17(24-23-16)22-18(26)19(2,3)27-15-6-4-13(20)5-7-15/h4-7,10,12,14H,8-9H2,1-3H3,(H,21,25)(H2,22,23,24,26). The number of benzene rings is 1. The predicted molar refractivity (Wildman–Crippen MR) is 103 cm³/mol. The van der Waals surface area contributed by atoms with Gasteiger partial charge >= 0.3 is 0 Å². The van der Waals surface area contributed by atoms with Crippen molar-refractivity contribution in [1.29, 1.82) is 0 Å². The number of H-pyrrole nitrogens is 1. The van der Waals surface area contributed by atoms with Gasteiger partial charge in [-0.15, -0.1) is 0 Å². The van der Waals surface area contributed by atoms with Crippen LogP contribution in [-0.2, 0) is 9.59 Å². The number of nitrogens with one attached hydrogen (secondary N) is 3. The van der Waals surface area contributed by atoms with Crippen LogP contribution in [0.4, 0.5) is 5.82 Å². The minimum absolute atomic E-state index is 0.0149. The number of nitrogens with zero attached hydrogens (tertiary/aromatic N) is 1. The van der Waals surface area contributed by atoms with Crippen molar-refractivity contribution in [3.8, 4) is 5.75 Å². The van der Waals surface area contributed by atoms with Gasteiger partial charge in [-0.25, -0.2) is 0 Å². The fraction of sp³-hybridized carbons (Fsp3) is 0.421. The molecule has 0 unspecified atom stereocenters. The summed E-state index contributed by atoms with van der Waals surface area (Å²) in [5, 5.41) is 13.4. The van der Waals surface area contributed by atoms with Gasteiger partial charge in [-0.2, -0.15) is 5.10 Å². The lowest BCUT2D eigenvalue weighted by atomic mass is 9.78. The van der Waals surface area contributed by atoms with E-state index in [0.29, 0.717) is 22.5 Å². The molecule has 1 aliphatic carbocycles. The average Bonchev–Trinajstić information content (AvgIpc) is 3.00. The third-order valence-electron chi connectivity index (χ3n) is 4.56. The number of aromatic nitrogens is 2. The van der Waals surface area contributed by atoms with Crippen LogP contribution in [0.3, 0.4) is 0 Å². The van der Waals surface area contributed by atoms with Crippen molar-refractivity contribution in [2.45, 2.75) is 51.2 Å². The summed E-state index contributed by atoms with van der Waals surface area (Å²) in [6.07, 6.45) is 1.72. The number of carbonyl (C=O) groups is 2. The van der Waals surface area contributed by atoms with Crippen molar-refractivity contribution < 1.29 is 14.3 Å². The van der Waals surface area contributed by atoms with E-state index in [1.165, 1.54) is 6.92 Å². The predicted octanol–water partition coefficient (Wildman–Crippen LogP) is 3.24. The highest BCUT2D eigenvalue weighted by Crippen LogP contribution is 2.36. The molecule has 2 amide bonds. The molecule has 2 aromatic rings. The maximum Gasteiger partial charge on any atom is 0.269 e. The molecule has 144 valence electrons. The quantitative estimate of drug-likeness (QED) is 0.705. The number of anilines is 1. The minimum atomic E-state index is -1.08. The van der Waals surface area contributed by atoms with Gasteiger partial charge in [0.2, 0.25) is 5.91 Å². The van der Waals surface area contributed by atoms with Crippen LogP contribution in [0.1, 0.15) is 45.2 Å². The van der Waals surface area contributed by atoms with Gasteiger partial charge in [0.15, 0.2) is 11.4 Å². The molecule has 0 atom stereocenters. The second kappa shape index (κ2) is 7.60. The summed E-state index contributed by atoms with van der Waals surface area (Å²) in [6, 6.07) is 8.87. The Kier molecular flexibility index (Phi) is 5.41. The number of rotatable bonds is 6. The maximum absolute atomic E-state index is 12.6. The van der Waals surface area contributed by atoms with Crippen molar-refractivity contribution in [3.63, 3.8) is 0 Å². The molecule has 3 rings (SSSR count). The molecule has 1 saturated carbocycles. The molecule has 1 aromatic heterocycles. The zero-order valence-electron chi connectivity index (χ0n) is 15.5. The highest BCUT2D eigenvalue weighted by Gasteiger charge is 2.33. The third kappa shape index (κ3) is 4.80. The van der Waals surface area contributed by atoms with E-state index in [9.17, 15) is 9.59 Å². The summed E-state index contributed by atoms with van der Waals surface area (Å²) in [7, 11) is 0. The summed E-state index contributed by atoms with van der Waals surface area (Å²) >= 11 is 5.86. The summed E-state index contributed by atoms with van der Waals surface area (Å²) in [5.41, 5.74) is -0.136. The van der Waals surface area contributed by atoms with Crippen molar-refractivity contribution >= 4 is 29.2 Å². The molecule has 3 N–H and O–H groups in total. The lowest BCUT2D eigenvalue weighted by Crippen LogP contribution is -2.42. The first kappa shape index (κ1) is 19.2. The van der Waals surface area contributed by atoms with Crippen LogP contribution in [0.5, 0.6) is 5.75 Å². The lowest BCUT2D eigenvalue weighted by molar-refractivity contribution is -0.128. The molecule has 1 heterocycles. The van der Waals surface area contributed by atoms with Crippen LogP contribution in [0.25, 0.3) is 0 Å². The summed E-state index contributed by atoms with van der Waals surface area (Å²) in [4.78, 5) is 23.6. The van der Waals surface area contributed by atoms with Gasteiger partial charge in [-0.3, -0.25) is 14.7 Å². The Balaban J connectivity index is 1.55. The molecule has 1 aliphatic rings. The van der Waals surface area contributed by atoms with Gasteiger partial charge in [0.25, 0.3) is 5.91 Å². The Morgan fingerprint density at radius 3 is 2.56 bits per heavy atom. The first-order valence-corrected chi connectivity index (χ1v) is 9.19.